The van der Waals surface area contributed by atoms with Crippen LogP contribution in [-0.4, -0.2) is 23.0 Å². The Labute approximate surface area is 108 Å². The molecule has 18 heavy (non-hydrogen) atoms. The minimum atomic E-state index is -0.476. The van der Waals surface area contributed by atoms with Gasteiger partial charge in [-0.3, -0.25) is 9.78 Å². The smallest absolute Gasteiger partial charge is 0.260 e. The number of rotatable bonds is 4. The molecule has 0 bridgehead atoms. The average molecular weight is 248 g/mol. The summed E-state index contributed by atoms with van der Waals surface area (Å²) in [7, 11) is 0. The molecular formula is C14H20N2O2. The fraction of sp³-hybridized carbons (Fsp3) is 0.571. The first-order valence-corrected chi connectivity index (χ1v) is 6.63. The minimum absolute atomic E-state index is 0.0363. The summed E-state index contributed by atoms with van der Waals surface area (Å²) in [5.74, 6) is 0.592. The highest BCUT2D eigenvalue weighted by Gasteiger charge is 2.20. The van der Waals surface area contributed by atoms with Crippen LogP contribution in [-0.2, 0) is 4.79 Å². The number of pyridine rings is 1. The van der Waals surface area contributed by atoms with Crippen molar-refractivity contribution in [3.8, 4) is 5.75 Å². The third-order valence-corrected chi connectivity index (χ3v) is 3.27. The predicted molar refractivity (Wildman–Crippen MR) is 69.3 cm³/mol. The zero-order chi connectivity index (χ0) is 12.8. The van der Waals surface area contributed by atoms with E-state index in [9.17, 15) is 4.79 Å². The quantitative estimate of drug-likeness (QED) is 0.889. The van der Waals surface area contributed by atoms with Gasteiger partial charge in [0.2, 0.25) is 0 Å². The Morgan fingerprint density at radius 3 is 2.89 bits per heavy atom. The van der Waals surface area contributed by atoms with Crippen LogP contribution in [0.25, 0.3) is 0 Å². The molecule has 0 spiro atoms. The number of amides is 1. The van der Waals surface area contributed by atoms with Crippen LogP contribution in [0.4, 0.5) is 0 Å². The number of hydrogen-bond acceptors (Lipinski definition) is 3. The van der Waals surface area contributed by atoms with Gasteiger partial charge in [0, 0.05) is 12.2 Å². The van der Waals surface area contributed by atoms with Gasteiger partial charge in [0.1, 0.15) is 5.75 Å². The van der Waals surface area contributed by atoms with Crippen LogP contribution in [0.2, 0.25) is 0 Å². The van der Waals surface area contributed by atoms with Crippen molar-refractivity contribution in [1.82, 2.24) is 10.3 Å². The Morgan fingerprint density at radius 1 is 1.44 bits per heavy atom. The van der Waals surface area contributed by atoms with Crippen LogP contribution < -0.4 is 10.1 Å². The second-order valence-electron chi connectivity index (χ2n) is 4.79. The van der Waals surface area contributed by atoms with Gasteiger partial charge >= 0.3 is 0 Å². The van der Waals surface area contributed by atoms with Crippen molar-refractivity contribution >= 4 is 5.91 Å². The van der Waals surface area contributed by atoms with Gasteiger partial charge in [-0.15, -0.1) is 0 Å². The van der Waals surface area contributed by atoms with E-state index in [1.54, 1.807) is 31.5 Å². The predicted octanol–water partition coefficient (Wildman–Crippen LogP) is 2.30. The van der Waals surface area contributed by atoms with Crippen molar-refractivity contribution in [2.24, 2.45) is 0 Å². The van der Waals surface area contributed by atoms with Crippen LogP contribution in [0.3, 0.4) is 0 Å². The van der Waals surface area contributed by atoms with Crippen LogP contribution in [0.1, 0.15) is 39.0 Å². The van der Waals surface area contributed by atoms with Crippen molar-refractivity contribution in [3.05, 3.63) is 24.5 Å². The van der Waals surface area contributed by atoms with Crippen LogP contribution in [0.5, 0.6) is 5.75 Å². The molecule has 1 aliphatic carbocycles. The third-order valence-electron chi connectivity index (χ3n) is 3.27. The third kappa shape index (κ3) is 3.72. The molecule has 1 aliphatic rings. The fourth-order valence-electron chi connectivity index (χ4n) is 2.24. The molecule has 1 fully saturated rings. The summed E-state index contributed by atoms with van der Waals surface area (Å²) in [6, 6.07) is 3.92. The molecule has 1 aromatic rings. The largest absolute Gasteiger partial charge is 0.479 e. The summed E-state index contributed by atoms with van der Waals surface area (Å²) in [5, 5.41) is 3.05. The lowest BCUT2D eigenvalue weighted by Crippen LogP contribution is -2.43. The van der Waals surface area contributed by atoms with Crippen LogP contribution >= 0.6 is 0 Å². The number of nitrogens with zero attached hydrogens (tertiary/aromatic N) is 1. The minimum Gasteiger partial charge on any atom is -0.479 e. The molecule has 1 saturated carbocycles. The lowest BCUT2D eigenvalue weighted by molar-refractivity contribution is -0.128. The maximum absolute atomic E-state index is 12.0. The second kappa shape index (κ2) is 6.38. The van der Waals surface area contributed by atoms with E-state index in [0.29, 0.717) is 11.8 Å². The topological polar surface area (TPSA) is 51.2 Å². The standard InChI is InChI=1S/C14H20N2O2/c1-11(18-13-8-5-9-15-10-13)14(17)16-12-6-3-2-4-7-12/h5,8-12H,2-4,6-7H2,1H3,(H,16,17). The highest BCUT2D eigenvalue weighted by Crippen LogP contribution is 2.17. The summed E-state index contributed by atoms with van der Waals surface area (Å²) in [6.45, 7) is 1.77. The van der Waals surface area contributed by atoms with E-state index in [2.05, 4.69) is 10.3 Å². The van der Waals surface area contributed by atoms with Gasteiger partial charge in [-0.05, 0) is 31.9 Å². The van der Waals surface area contributed by atoms with Crippen molar-refractivity contribution in [1.29, 1.82) is 0 Å². The van der Waals surface area contributed by atoms with Crippen molar-refractivity contribution in [2.75, 3.05) is 0 Å². The Bertz CT molecular complexity index is 375. The fourth-order valence-corrected chi connectivity index (χ4v) is 2.24. The molecule has 98 valence electrons. The first-order chi connectivity index (χ1) is 8.75. The first-order valence-electron chi connectivity index (χ1n) is 6.63. The average Bonchev–Trinajstić information content (AvgIpc) is 2.41. The van der Waals surface area contributed by atoms with E-state index in [1.165, 1.54) is 19.3 Å². The van der Waals surface area contributed by atoms with Crippen LogP contribution in [0, 0.1) is 0 Å². The zero-order valence-electron chi connectivity index (χ0n) is 10.8. The Hall–Kier alpha value is -1.58. The highest BCUT2D eigenvalue weighted by molar-refractivity contribution is 5.81. The lowest BCUT2D eigenvalue weighted by Gasteiger charge is -2.24. The van der Waals surface area contributed by atoms with Gasteiger partial charge < -0.3 is 10.1 Å². The lowest BCUT2D eigenvalue weighted by atomic mass is 9.95. The second-order valence-corrected chi connectivity index (χ2v) is 4.79. The molecule has 0 saturated heterocycles. The van der Waals surface area contributed by atoms with E-state index < -0.39 is 6.10 Å². The normalized spacial score (nSPS) is 18.1. The molecule has 1 atom stereocenters. The van der Waals surface area contributed by atoms with Gasteiger partial charge in [0.25, 0.3) is 5.91 Å². The summed E-state index contributed by atoms with van der Waals surface area (Å²) in [6.07, 6.45) is 8.71. The highest BCUT2D eigenvalue weighted by atomic mass is 16.5. The summed E-state index contributed by atoms with van der Waals surface area (Å²) < 4.78 is 5.54. The summed E-state index contributed by atoms with van der Waals surface area (Å²) >= 11 is 0. The molecule has 2 rings (SSSR count). The molecule has 1 N–H and O–H groups in total. The number of aromatic nitrogens is 1. The van der Waals surface area contributed by atoms with Gasteiger partial charge in [-0.1, -0.05) is 19.3 Å². The molecule has 4 nitrogen and oxygen atoms in total. The molecule has 0 radical (unpaired) electrons. The van der Waals surface area contributed by atoms with Crippen molar-refractivity contribution in [2.45, 2.75) is 51.2 Å². The summed E-state index contributed by atoms with van der Waals surface area (Å²) in [4.78, 5) is 15.9. The zero-order valence-corrected chi connectivity index (χ0v) is 10.8. The number of hydrogen-bond donors (Lipinski definition) is 1. The first kappa shape index (κ1) is 12.9. The van der Waals surface area contributed by atoms with Crippen LogP contribution in [0.15, 0.2) is 24.5 Å². The molecular weight excluding hydrogens is 228 g/mol. The SMILES string of the molecule is CC(Oc1cccnc1)C(=O)NC1CCCCC1. The van der Waals surface area contributed by atoms with E-state index in [-0.39, 0.29) is 5.91 Å². The molecule has 1 aromatic heterocycles. The monoisotopic (exact) mass is 248 g/mol. The van der Waals surface area contributed by atoms with E-state index in [4.69, 9.17) is 4.74 Å². The van der Waals surface area contributed by atoms with Gasteiger partial charge in [-0.2, -0.15) is 0 Å². The van der Waals surface area contributed by atoms with E-state index in [1.807, 2.05) is 0 Å². The molecule has 1 heterocycles. The van der Waals surface area contributed by atoms with Gasteiger partial charge in [0.05, 0.1) is 6.20 Å². The molecule has 0 aliphatic heterocycles. The van der Waals surface area contributed by atoms with Crippen molar-refractivity contribution in [3.63, 3.8) is 0 Å². The number of ether oxygens (including phenoxy) is 1. The Kier molecular flexibility index (Phi) is 4.56. The number of carbonyl (C=O) groups is 1. The van der Waals surface area contributed by atoms with Crippen molar-refractivity contribution < 1.29 is 9.53 Å². The molecule has 4 heteroatoms. The van der Waals surface area contributed by atoms with Gasteiger partial charge in [0.15, 0.2) is 6.10 Å². The summed E-state index contributed by atoms with van der Waals surface area (Å²) in [5.41, 5.74) is 0. The molecule has 0 aromatic carbocycles. The Morgan fingerprint density at radius 2 is 2.22 bits per heavy atom. The van der Waals surface area contributed by atoms with E-state index in [0.717, 1.165) is 12.8 Å². The maximum Gasteiger partial charge on any atom is 0.260 e. The van der Waals surface area contributed by atoms with Gasteiger partial charge in [-0.25, -0.2) is 0 Å². The number of carbonyl (C=O) groups excluding carboxylic acids is 1. The molecule has 1 unspecified atom stereocenters. The number of nitrogens with one attached hydrogen (secondary N) is 1. The Balaban J connectivity index is 1.81. The van der Waals surface area contributed by atoms with E-state index >= 15 is 0 Å². The molecule has 1 amide bonds. The maximum atomic E-state index is 12.0.